The smallest absolute Gasteiger partial charge is 0.253 e. The summed E-state index contributed by atoms with van der Waals surface area (Å²) in [6, 6.07) is 10.2. The van der Waals surface area contributed by atoms with Crippen LogP contribution in [0.5, 0.6) is 0 Å². The maximum atomic E-state index is 12.9. The van der Waals surface area contributed by atoms with Crippen LogP contribution in [0.25, 0.3) is 0 Å². The molecule has 2 aromatic rings. The fraction of sp³-hybridized carbons (Fsp3) is 0.429. The summed E-state index contributed by atoms with van der Waals surface area (Å²) in [5.41, 5.74) is 0.826. The predicted octanol–water partition coefficient (Wildman–Crippen LogP) is 3.32. The Hall–Kier alpha value is -2.23. The van der Waals surface area contributed by atoms with Gasteiger partial charge in [0, 0.05) is 19.1 Å². The van der Waals surface area contributed by atoms with Crippen molar-refractivity contribution < 1.29 is 18.0 Å². The zero-order valence-corrected chi connectivity index (χ0v) is 18.8. The number of nitrogens with one attached hydrogen (secondary N) is 2. The molecule has 1 fully saturated rings. The van der Waals surface area contributed by atoms with E-state index in [1.807, 2.05) is 13.8 Å². The van der Waals surface area contributed by atoms with Gasteiger partial charge in [0.15, 0.2) is 0 Å². The van der Waals surface area contributed by atoms with Crippen molar-refractivity contribution >= 4 is 38.9 Å². The Balaban J connectivity index is 1.71. The number of carbonyl (C=O) groups is 2. The largest absolute Gasteiger partial charge is 0.350 e. The highest BCUT2D eigenvalue weighted by molar-refractivity contribution is 7.91. The first-order valence-electron chi connectivity index (χ1n) is 10.1. The van der Waals surface area contributed by atoms with Crippen LogP contribution in [0.4, 0.5) is 5.69 Å². The van der Waals surface area contributed by atoms with Gasteiger partial charge in [-0.25, -0.2) is 8.42 Å². The standard InChI is InChI=1S/C21H27N3O4S2/c1-3-15(2)22-21(26)17-9-4-5-10-18(17)23-20(25)16-8-6-12-24(14-16)30(27,28)19-11-7-13-29-19/h4-5,7,9-11,13,15-16H,3,6,8,12,14H2,1-2H3,(H,22,26)(H,23,25)/t15-,16-/m1/s1. The van der Waals surface area contributed by atoms with Crippen molar-refractivity contribution in [1.82, 2.24) is 9.62 Å². The predicted molar refractivity (Wildman–Crippen MR) is 118 cm³/mol. The number of nitrogens with zero attached hydrogens (tertiary/aromatic N) is 1. The molecule has 7 nitrogen and oxygen atoms in total. The lowest BCUT2D eigenvalue weighted by Gasteiger charge is -2.31. The maximum Gasteiger partial charge on any atom is 0.253 e. The van der Waals surface area contributed by atoms with Crippen molar-refractivity contribution in [1.29, 1.82) is 0 Å². The summed E-state index contributed by atoms with van der Waals surface area (Å²) >= 11 is 1.17. The molecule has 0 saturated carbocycles. The van der Waals surface area contributed by atoms with Crippen LogP contribution in [0.15, 0.2) is 46.0 Å². The molecular weight excluding hydrogens is 422 g/mol. The lowest BCUT2D eigenvalue weighted by atomic mass is 9.98. The van der Waals surface area contributed by atoms with E-state index in [9.17, 15) is 18.0 Å². The number of anilines is 1. The normalized spacial score (nSPS) is 18.5. The number of benzene rings is 1. The average Bonchev–Trinajstić information content (AvgIpc) is 3.30. The van der Waals surface area contributed by atoms with Crippen LogP contribution < -0.4 is 10.6 Å². The Morgan fingerprint density at radius 2 is 2.00 bits per heavy atom. The van der Waals surface area contributed by atoms with Crippen LogP contribution in [-0.4, -0.2) is 43.7 Å². The fourth-order valence-electron chi connectivity index (χ4n) is 3.34. The second kappa shape index (κ2) is 9.72. The molecule has 1 aromatic carbocycles. The molecule has 3 rings (SSSR count). The molecule has 0 spiro atoms. The second-order valence-electron chi connectivity index (χ2n) is 7.45. The summed E-state index contributed by atoms with van der Waals surface area (Å²) < 4.78 is 27.3. The molecule has 2 amide bonds. The number of amides is 2. The van der Waals surface area contributed by atoms with E-state index in [1.54, 1.807) is 41.8 Å². The second-order valence-corrected chi connectivity index (χ2v) is 10.6. The monoisotopic (exact) mass is 449 g/mol. The first kappa shape index (κ1) is 22.5. The molecule has 0 bridgehead atoms. The highest BCUT2D eigenvalue weighted by Crippen LogP contribution is 2.27. The molecular formula is C21H27N3O4S2. The molecule has 162 valence electrons. The molecule has 0 radical (unpaired) electrons. The van der Waals surface area contributed by atoms with Crippen molar-refractivity contribution in [3.8, 4) is 0 Å². The molecule has 1 aliphatic rings. The number of thiophene rings is 1. The summed E-state index contributed by atoms with van der Waals surface area (Å²) in [6.07, 6.45) is 2.01. The number of para-hydroxylation sites is 1. The van der Waals surface area contributed by atoms with Crippen molar-refractivity contribution in [3.05, 3.63) is 47.3 Å². The first-order valence-corrected chi connectivity index (χ1v) is 12.4. The highest BCUT2D eigenvalue weighted by Gasteiger charge is 2.34. The Morgan fingerprint density at radius 3 is 2.70 bits per heavy atom. The molecule has 2 heterocycles. The van der Waals surface area contributed by atoms with E-state index in [0.29, 0.717) is 30.6 Å². The third kappa shape index (κ3) is 5.08. The Labute approximate surface area is 181 Å². The maximum absolute atomic E-state index is 12.9. The highest BCUT2D eigenvalue weighted by atomic mass is 32.2. The molecule has 30 heavy (non-hydrogen) atoms. The Bertz CT molecular complexity index is 989. The zero-order chi connectivity index (χ0) is 21.7. The number of hydrogen-bond donors (Lipinski definition) is 2. The molecule has 9 heteroatoms. The van der Waals surface area contributed by atoms with E-state index < -0.39 is 15.9 Å². The van der Waals surface area contributed by atoms with E-state index in [4.69, 9.17) is 0 Å². The van der Waals surface area contributed by atoms with Gasteiger partial charge < -0.3 is 10.6 Å². The molecule has 0 aliphatic carbocycles. The van der Waals surface area contributed by atoms with E-state index in [0.717, 1.165) is 6.42 Å². The van der Waals surface area contributed by atoms with Gasteiger partial charge in [-0.3, -0.25) is 9.59 Å². The number of piperidine rings is 1. The van der Waals surface area contributed by atoms with Gasteiger partial charge in [-0.05, 0) is 49.8 Å². The molecule has 0 unspecified atom stereocenters. The van der Waals surface area contributed by atoms with Crippen molar-refractivity contribution in [2.45, 2.75) is 43.4 Å². The lowest BCUT2D eigenvalue weighted by Crippen LogP contribution is -2.43. The van der Waals surface area contributed by atoms with Gasteiger partial charge in [-0.15, -0.1) is 11.3 Å². The van der Waals surface area contributed by atoms with Gasteiger partial charge in [-0.2, -0.15) is 4.31 Å². The number of hydrogen-bond acceptors (Lipinski definition) is 5. The van der Waals surface area contributed by atoms with Gasteiger partial charge in [0.2, 0.25) is 5.91 Å². The van der Waals surface area contributed by atoms with E-state index in [1.165, 1.54) is 15.6 Å². The van der Waals surface area contributed by atoms with Gasteiger partial charge in [0.1, 0.15) is 4.21 Å². The fourth-order valence-corrected chi connectivity index (χ4v) is 6.01. The SMILES string of the molecule is CC[C@@H](C)NC(=O)c1ccccc1NC(=O)[C@@H]1CCCN(S(=O)(=O)c2cccs2)C1. The topological polar surface area (TPSA) is 95.6 Å². The van der Waals surface area contributed by atoms with Gasteiger partial charge in [0.25, 0.3) is 15.9 Å². The van der Waals surface area contributed by atoms with Gasteiger partial charge in [-0.1, -0.05) is 25.1 Å². The average molecular weight is 450 g/mol. The van der Waals surface area contributed by atoms with Crippen molar-refractivity contribution in [2.24, 2.45) is 5.92 Å². The summed E-state index contributed by atoms with van der Waals surface area (Å²) in [5, 5.41) is 7.47. The molecule has 1 saturated heterocycles. The van der Waals surface area contributed by atoms with Crippen LogP contribution >= 0.6 is 11.3 Å². The minimum absolute atomic E-state index is 0.0237. The van der Waals surface area contributed by atoms with Crippen LogP contribution in [-0.2, 0) is 14.8 Å². The quantitative estimate of drug-likeness (QED) is 0.678. The van der Waals surface area contributed by atoms with Crippen molar-refractivity contribution in [2.75, 3.05) is 18.4 Å². The van der Waals surface area contributed by atoms with Gasteiger partial charge in [0.05, 0.1) is 17.2 Å². The Morgan fingerprint density at radius 1 is 1.23 bits per heavy atom. The van der Waals surface area contributed by atoms with Gasteiger partial charge >= 0.3 is 0 Å². The number of carbonyl (C=O) groups excluding carboxylic acids is 2. The third-order valence-corrected chi connectivity index (χ3v) is 8.50. The lowest BCUT2D eigenvalue weighted by molar-refractivity contribution is -0.120. The first-order chi connectivity index (χ1) is 14.3. The summed E-state index contributed by atoms with van der Waals surface area (Å²) in [5.74, 6) is -0.991. The van der Waals surface area contributed by atoms with Crippen molar-refractivity contribution in [3.63, 3.8) is 0 Å². The van der Waals surface area contributed by atoms with Crippen LogP contribution in [0, 0.1) is 5.92 Å². The molecule has 2 atom stereocenters. The van der Waals surface area contributed by atoms with E-state index in [-0.39, 0.29) is 28.6 Å². The molecule has 2 N–H and O–H groups in total. The Kier molecular flexibility index (Phi) is 7.27. The van der Waals surface area contributed by atoms with Crippen LogP contribution in [0.2, 0.25) is 0 Å². The van der Waals surface area contributed by atoms with E-state index >= 15 is 0 Å². The summed E-state index contributed by atoms with van der Waals surface area (Å²) in [7, 11) is -3.59. The minimum atomic E-state index is -3.59. The molecule has 1 aromatic heterocycles. The third-order valence-electron chi connectivity index (χ3n) is 5.26. The summed E-state index contributed by atoms with van der Waals surface area (Å²) in [4.78, 5) is 25.5. The van der Waals surface area contributed by atoms with Crippen LogP contribution in [0.1, 0.15) is 43.5 Å². The number of rotatable bonds is 7. The summed E-state index contributed by atoms with van der Waals surface area (Å²) in [6.45, 7) is 4.44. The number of sulfonamides is 1. The van der Waals surface area contributed by atoms with Crippen LogP contribution in [0.3, 0.4) is 0 Å². The van der Waals surface area contributed by atoms with E-state index in [2.05, 4.69) is 10.6 Å². The zero-order valence-electron chi connectivity index (χ0n) is 17.1. The molecule has 1 aliphatic heterocycles. The minimum Gasteiger partial charge on any atom is -0.350 e.